The standard InChI is InChI=1S/C25H27N3O4/c1-17-9-7-8-14-25(17)23(30)27(24(31)26-25)15-22(29)28-19-12-5-6-13-21(19)32-16-20(28)18-10-3-2-4-11-18/h2-6,10-13,17,20H,7-9,14-16H2,1H3,(H,26,31)/t17-,20+,25-/m1/s1. The topological polar surface area (TPSA) is 79.0 Å². The lowest BCUT2D eigenvalue weighted by atomic mass is 9.73. The van der Waals surface area contributed by atoms with E-state index in [0.29, 0.717) is 24.5 Å². The van der Waals surface area contributed by atoms with Crippen molar-refractivity contribution in [1.82, 2.24) is 10.2 Å². The first-order chi connectivity index (χ1) is 15.5. The molecule has 0 aromatic heterocycles. The average Bonchev–Trinajstić information content (AvgIpc) is 3.05. The van der Waals surface area contributed by atoms with E-state index in [4.69, 9.17) is 4.74 Å². The predicted molar refractivity (Wildman–Crippen MR) is 119 cm³/mol. The first kappa shape index (κ1) is 20.5. The molecule has 3 aliphatic rings. The molecule has 2 heterocycles. The highest BCUT2D eigenvalue weighted by molar-refractivity contribution is 6.11. The summed E-state index contributed by atoms with van der Waals surface area (Å²) in [5.41, 5.74) is 0.701. The van der Waals surface area contributed by atoms with Gasteiger partial charge in [-0.05, 0) is 36.5 Å². The number of imide groups is 1. The fraction of sp³-hybridized carbons (Fsp3) is 0.400. The van der Waals surface area contributed by atoms with Gasteiger partial charge in [0.1, 0.15) is 24.4 Å². The Morgan fingerprint density at radius 3 is 2.62 bits per heavy atom. The van der Waals surface area contributed by atoms with Crippen molar-refractivity contribution >= 4 is 23.5 Å². The number of benzene rings is 2. The van der Waals surface area contributed by atoms with E-state index in [0.717, 1.165) is 29.7 Å². The van der Waals surface area contributed by atoms with Crippen LogP contribution in [0.4, 0.5) is 10.5 Å². The number of ether oxygens (including phenoxy) is 1. The Morgan fingerprint density at radius 1 is 1.09 bits per heavy atom. The third-order valence-electron chi connectivity index (χ3n) is 7.08. The van der Waals surface area contributed by atoms with Crippen LogP contribution in [-0.4, -0.2) is 41.4 Å². The molecule has 32 heavy (non-hydrogen) atoms. The Labute approximate surface area is 187 Å². The van der Waals surface area contributed by atoms with Gasteiger partial charge >= 0.3 is 6.03 Å². The maximum Gasteiger partial charge on any atom is 0.325 e. The lowest BCUT2D eigenvalue weighted by Gasteiger charge is -2.38. The molecule has 5 rings (SSSR count). The van der Waals surface area contributed by atoms with E-state index in [9.17, 15) is 14.4 Å². The molecule has 3 atom stereocenters. The number of para-hydroxylation sites is 2. The zero-order valence-corrected chi connectivity index (χ0v) is 18.1. The van der Waals surface area contributed by atoms with E-state index in [1.807, 2.05) is 61.5 Å². The summed E-state index contributed by atoms with van der Waals surface area (Å²) in [5, 5.41) is 2.93. The number of hydrogen-bond acceptors (Lipinski definition) is 4. The van der Waals surface area contributed by atoms with E-state index >= 15 is 0 Å². The zero-order chi connectivity index (χ0) is 22.3. The average molecular weight is 434 g/mol. The summed E-state index contributed by atoms with van der Waals surface area (Å²) < 4.78 is 5.93. The molecule has 0 unspecified atom stereocenters. The summed E-state index contributed by atoms with van der Waals surface area (Å²) in [6, 6.07) is 16.2. The van der Waals surface area contributed by atoms with Crippen LogP contribution in [0.1, 0.15) is 44.2 Å². The normalized spacial score (nSPS) is 27.2. The first-order valence-corrected chi connectivity index (χ1v) is 11.2. The molecule has 1 spiro atoms. The number of fused-ring (bicyclic) bond motifs is 1. The Bertz CT molecular complexity index is 1060. The molecule has 166 valence electrons. The maximum absolute atomic E-state index is 13.6. The molecule has 1 saturated heterocycles. The van der Waals surface area contributed by atoms with Gasteiger partial charge in [0.05, 0.1) is 11.7 Å². The van der Waals surface area contributed by atoms with Gasteiger partial charge in [0.15, 0.2) is 0 Å². The minimum absolute atomic E-state index is 0.0500. The predicted octanol–water partition coefficient (Wildman–Crippen LogP) is 3.65. The number of carbonyl (C=O) groups is 3. The van der Waals surface area contributed by atoms with Crippen LogP contribution >= 0.6 is 0 Å². The summed E-state index contributed by atoms with van der Waals surface area (Å²) in [6.45, 7) is 2.01. The third kappa shape index (κ3) is 3.23. The second-order valence-corrected chi connectivity index (χ2v) is 8.91. The van der Waals surface area contributed by atoms with Gasteiger partial charge in [-0.2, -0.15) is 0 Å². The summed E-state index contributed by atoms with van der Waals surface area (Å²) in [4.78, 5) is 42.6. The first-order valence-electron chi connectivity index (χ1n) is 11.2. The number of nitrogens with one attached hydrogen (secondary N) is 1. The molecular formula is C25H27N3O4. The molecule has 7 heteroatoms. The van der Waals surface area contributed by atoms with Gasteiger partial charge in [-0.15, -0.1) is 0 Å². The van der Waals surface area contributed by atoms with Crippen molar-refractivity contribution in [2.45, 2.75) is 44.2 Å². The molecule has 0 radical (unpaired) electrons. The molecule has 1 N–H and O–H groups in total. The van der Waals surface area contributed by atoms with Crippen molar-refractivity contribution in [3.8, 4) is 5.75 Å². The van der Waals surface area contributed by atoms with Crippen LogP contribution in [0.3, 0.4) is 0 Å². The summed E-state index contributed by atoms with van der Waals surface area (Å²) >= 11 is 0. The van der Waals surface area contributed by atoms with Gasteiger partial charge in [-0.25, -0.2) is 4.79 Å². The van der Waals surface area contributed by atoms with Crippen LogP contribution in [-0.2, 0) is 9.59 Å². The van der Waals surface area contributed by atoms with Crippen molar-refractivity contribution < 1.29 is 19.1 Å². The number of rotatable bonds is 3. The van der Waals surface area contributed by atoms with E-state index in [2.05, 4.69) is 5.32 Å². The third-order valence-corrected chi connectivity index (χ3v) is 7.08. The lowest BCUT2D eigenvalue weighted by molar-refractivity contribution is -0.137. The number of hydrogen-bond donors (Lipinski definition) is 1. The Hall–Kier alpha value is -3.35. The van der Waals surface area contributed by atoms with Crippen LogP contribution in [0.5, 0.6) is 5.75 Å². The van der Waals surface area contributed by atoms with Gasteiger partial charge in [-0.1, -0.05) is 62.2 Å². The SMILES string of the molecule is C[C@@H]1CCCC[C@@]12NC(=O)N(CC(=O)N1c3ccccc3OC[C@H]1c1ccccc1)C2=O. The molecule has 2 aromatic carbocycles. The van der Waals surface area contributed by atoms with E-state index in [1.54, 1.807) is 4.90 Å². The van der Waals surface area contributed by atoms with Crippen molar-refractivity contribution in [2.24, 2.45) is 5.92 Å². The minimum atomic E-state index is -0.878. The molecular weight excluding hydrogens is 406 g/mol. The maximum atomic E-state index is 13.6. The molecule has 1 aliphatic carbocycles. The largest absolute Gasteiger partial charge is 0.489 e. The monoisotopic (exact) mass is 433 g/mol. The number of anilines is 1. The molecule has 4 amide bonds. The lowest BCUT2D eigenvalue weighted by Crippen LogP contribution is -2.54. The van der Waals surface area contributed by atoms with Gasteiger partial charge in [0, 0.05) is 0 Å². The number of amides is 4. The van der Waals surface area contributed by atoms with Gasteiger partial charge in [0.2, 0.25) is 5.91 Å². The summed E-state index contributed by atoms with van der Waals surface area (Å²) in [7, 11) is 0. The Balaban J connectivity index is 1.45. The molecule has 0 bridgehead atoms. The van der Waals surface area contributed by atoms with Gasteiger partial charge < -0.3 is 10.1 Å². The number of carbonyl (C=O) groups excluding carboxylic acids is 3. The van der Waals surface area contributed by atoms with E-state index in [-0.39, 0.29) is 30.3 Å². The van der Waals surface area contributed by atoms with Crippen molar-refractivity contribution in [1.29, 1.82) is 0 Å². The highest BCUT2D eigenvalue weighted by Gasteiger charge is 2.55. The van der Waals surface area contributed by atoms with Gasteiger partial charge in [-0.3, -0.25) is 19.4 Å². The van der Waals surface area contributed by atoms with Crippen LogP contribution in [0.2, 0.25) is 0 Å². The van der Waals surface area contributed by atoms with Crippen molar-refractivity contribution in [2.75, 3.05) is 18.1 Å². The van der Waals surface area contributed by atoms with E-state index < -0.39 is 11.6 Å². The Kier molecular flexibility index (Phi) is 5.12. The second-order valence-electron chi connectivity index (χ2n) is 8.91. The highest BCUT2D eigenvalue weighted by Crippen LogP contribution is 2.41. The molecule has 2 aromatic rings. The van der Waals surface area contributed by atoms with E-state index in [1.165, 1.54) is 0 Å². The van der Waals surface area contributed by atoms with Crippen LogP contribution < -0.4 is 15.0 Å². The minimum Gasteiger partial charge on any atom is -0.489 e. The summed E-state index contributed by atoms with van der Waals surface area (Å²) in [6.07, 6.45) is 3.45. The van der Waals surface area contributed by atoms with Crippen LogP contribution in [0.25, 0.3) is 0 Å². The fourth-order valence-electron chi connectivity index (χ4n) is 5.27. The molecule has 1 saturated carbocycles. The van der Waals surface area contributed by atoms with Crippen LogP contribution in [0, 0.1) is 5.92 Å². The fourth-order valence-corrected chi connectivity index (χ4v) is 5.27. The summed E-state index contributed by atoms with van der Waals surface area (Å²) in [5.74, 6) is 0.0797. The number of nitrogens with zero attached hydrogens (tertiary/aromatic N) is 2. The smallest absolute Gasteiger partial charge is 0.325 e. The molecule has 7 nitrogen and oxygen atoms in total. The molecule has 2 aliphatic heterocycles. The van der Waals surface area contributed by atoms with Gasteiger partial charge in [0.25, 0.3) is 5.91 Å². The van der Waals surface area contributed by atoms with Crippen molar-refractivity contribution in [3.63, 3.8) is 0 Å². The second kappa shape index (κ2) is 7.97. The zero-order valence-electron chi connectivity index (χ0n) is 18.1. The quantitative estimate of drug-likeness (QED) is 0.750. The van der Waals surface area contributed by atoms with Crippen LogP contribution in [0.15, 0.2) is 54.6 Å². The number of urea groups is 1. The Morgan fingerprint density at radius 2 is 1.84 bits per heavy atom. The molecule has 2 fully saturated rings. The van der Waals surface area contributed by atoms with Crippen molar-refractivity contribution in [3.05, 3.63) is 60.2 Å². The highest BCUT2D eigenvalue weighted by atomic mass is 16.5.